The smallest absolute Gasteiger partial charge is 0.239 e. The van der Waals surface area contributed by atoms with Gasteiger partial charge in [-0.3, -0.25) is 9.59 Å². The summed E-state index contributed by atoms with van der Waals surface area (Å²) in [4.78, 5) is 25.8. The summed E-state index contributed by atoms with van der Waals surface area (Å²) >= 11 is 0. The van der Waals surface area contributed by atoms with Gasteiger partial charge in [0.2, 0.25) is 11.8 Å². The van der Waals surface area contributed by atoms with Crippen LogP contribution in [0.15, 0.2) is 18.2 Å². The highest BCUT2D eigenvalue weighted by atomic mass is 16.5. The predicted molar refractivity (Wildman–Crippen MR) is 88.8 cm³/mol. The molecule has 0 spiro atoms. The van der Waals surface area contributed by atoms with Crippen LogP contribution in [0.5, 0.6) is 11.5 Å². The van der Waals surface area contributed by atoms with Gasteiger partial charge >= 0.3 is 0 Å². The van der Waals surface area contributed by atoms with Crippen molar-refractivity contribution in [2.75, 3.05) is 27.3 Å². The van der Waals surface area contributed by atoms with Crippen molar-refractivity contribution in [2.24, 2.45) is 0 Å². The van der Waals surface area contributed by atoms with Crippen LogP contribution in [-0.2, 0) is 16.0 Å². The summed E-state index contributed by atoms with van der Waals surface area (Å²) in [6.07, 6.45) is 0.211. The first-order chi connectivity index (χ1) is 10.9. The van der Waals surface area contributed by atoms with E-state index in [1.54, 1.807) is 26.4 Å². The van der Waals surface area contributed by atoms with E-state index in [0.29, 0.717) is 18.0 Å². The second kappa shape index (κ2) is 9.02. The lowest BCUT2D eigenvalue weighted by Gasteiger charge is -2.21. The van der Waals surface area contributed by atoms with Crippen LogP contribution in [0, 0.1) is 0 Å². The van der Waals surface area contributed by atoms with E-state index in [-0.39, 0.29) is 30.8 Å². The fraction of sp³-hybridized carbons (Fsp3) is 0.529. The van der Waals surface area contributed by atoms with Gasteiger partial charge in [0.25, 0.3) is 0 Å². The highest BCUT2D eigenvalue weighted by Crippen LogP contribution is 2.27. The monoisotopic (exact) mass is 322 g/mol. The molecular formula is C17H26N2O4. The molecule has 0 fully saturated rings. The van der Waals surface area contributed by atoms with Crippen LogP contribution >= 0.6 is 0 Å². The number of carbonyl (C=O) groups is 2. The molecule has 0 heterocycles. The number of methoxy groups -OCH3 is 2. The van der Waals surface area contributed by atoms with Gasteiger partial charge in [-0.15, -0.1) is 0 Å². The van der Waals surface area contributed by atoms with E-state index >= 15 is 0 Å². The standard InChI is InChI=1S/C17H26N2O4/c1-6-19(11-16(20)18-12(2)3)17(21)10-13-7-8-14(22-4)15(9-13)23-5/h7-9,12H,6,10-11H2,1-5H3,(H,18,20). The molecule has 2 amide bonds. The fourth-order valence-electron chi connectivity index (χ4n) is 2.19. The highest BCUT2D eigenvalue weighted by Gasteiger charge is 2.17. The SMILES string of the molecule is CCN(CC(=O)NC(C)C)C(=O)Cc1ccc(OC)c(OC)c1. The number of amides is 2. The van der Waals surface area contributed by atoms with Gasteiger partial charge in [0.05, 0.1) is 27.2 Å². The Hall–Kier alpha value is -2.24. The number of carbonyl (C=O) groups excluding carboxylic acids is 2. The van der Waals surface area contributed by atoms with Crippen LogP contribution in [0.2, 0.25) is 0 Å². The Bertz CT molecular complexity index is 543. The normalized spacial score (nSPS) is 10.3. The van der Waals surface area contributed by atoms with E-state index in [4.69, 9.17) is 9.47 Å². The van der Waals surface area contributed by atoms with Crippen molar-refractivity contribution in [2.45, 2.75) is 33.2 Å². The first-order valence-electron chi connectivity index (χ1n) is 7.69. The zero-order chi connectivity index (χ0) is 17.4. The summed E-state index contributed by atoms with van der Waals surface area (Å²) in [5, 5.41) is 2.79. The van der Waals surface area contributed by atoms with Crippen LogP contribution in [0.1, 0.15) is 26.3 Å². The maximum atomic E-state index is 12.4. The molecule has 0 radical (unpaired) electrons. The Labute approximate surface area is 137 Å². The van der Waals surface area contributed by atoms with Crippen molar-refractivity contribution in [1.29, 1.82) is 0 Å². The quantitative estimate of drug-likeness (QED) is 0.790. The number of likely N-dealkylation sites (N-methyl/N-ethyl adjacent to an activating group) is 1. The van der Waals surface area contributed by atoms with Gasteiger partial charge in [-0.25, -0.2) is 0 Å². The lowest BCUT2D eigenvalue weighted by molar-refractivity contribution is -0.135. The van der Waals surface area contributed by atoms with Crippen molar-refractivity contribution >= 4 is 11.8 Å². The number of ether oxygens (including phenoxy) is 2. The molecule has 6 heteroatoms. The lowest BCUT2D eigenvalue weighted by Crippen LogP contribution is -2.43. The number of nitrogens with zero attached hydrogens (tertiary/aromatic N) is 1. The molecule has 0 bridgehead atoms. The molecule has 23 heavy (non-hydrogen) atoms. The van der Waals surface area contributed by atoms with E-state index < -0.39 is 0 Å². The maximum Gasteiger partial charge on any atom is 0.239 e. The van der Waals surface area contributed by atoms with Crippen LogP contribution in [0.4, 0.5) is 0 Å². The van der Waals surface area contributed by atoms with E-state index in [1.165, 1.54) is 4.90 Å². The average molecular weight is 322 g/mol. The van der Waals surface area contributed by atoms with Crippen LogP contribution < -0.4 is 14.8 Å². The molecule has 6 nitrogen and oxygen atoms in total. The molecule has 0 aromatic heterocycles. The minimum Gasteiger partial charge on any atom is -0.493 e. The zero-order valence-corrected chi connectivity index (χ0v) is 14.5. The molecule has 0 unspecified atom stereocenters. The van der Waals surface area contributed by atoms with Gasteiger partial charge in [-0.05, 0) is 38.5 Å². The number of hydrogen-bond donors (Lipinski definition) is 1. The van der Waals surface area contributed by atoms with Gasteiger partial charge in [-0.1, -0.05) is 6.07 Å². The second-order valence-corrected chi connectivity index (χ2v) is 5.50. The Balaban J connectivity index is 2.74. The zero-order valence-electron chi connectivity index (χ0n) is 14.5. The Kier molecular flexibility index (Phi) is 7.38. The van der Waals surface area contributed by atoms with Crippen LogP contribution in [-0.4, -0.2) is 50.1 Å². The molecule has 0 saturated heterocycles. The van der Waals surface area contributed by atoms with Crippen LogP contribution in [0.3, 0.4) is 0 Å². The van der Waals surface area contributed by atoms with Gasteiger partial charge in [0, 0.05) is 12.6 Å². The number of benzene rings is 1. The third kappa shape index (κ3) is 5.81. The van der Waals surface area contributed by atoms with Gasteiger partial charge in [0.1, 0.15) is 0 Å². The Morgan fingerprint density at radius 2 is 1.83 bits per heavy atom. The summed E-state index contributed by atoms with van der Waals surface area (Å²) in [6.45, 7) is 6.19. The molecule has 0 aliphatic heterocycles. The molecule has 0 aliphatic carbocycles. The highest BCUT2D eigenvalue weighted by molar-refractivity contribution is 5.86. The number of hydrogen-bond acceptors (Lipinski definition) is 4. The summed E-state index contributed by atoms with van der Waals surface area (Å²) in [5.41, 5.74) is 0.815. The molecule has 0 saturated carbocycles. The first kappa shape index (κ1) is 18.8. The maximum absolute atomic E-state index is 12.4. The third-order valence-electron chi connectivity index (χ3n) is 3.32. The summed E-state index contributed by atoms with van der Waals surface area (Å²) in [5.74, 6) is 0.951. The second-order valence-electron chi connectivity index (χ2n) is 5.50. The minimum atomic E-state index is -0.150. The average Bonchev–Trinajstić information content (AvgIpc) is 2.51. The Morgan fingerprint density at radius 1 is 1.17 bits per heavy atom. The van der Waals surface area contributed by atoms with Crippen molar-refractivity contribution in [3.63, 3.8) is 0 Å². The van der Waals surface area contributed by atoms with Gasteiger partial charge in [-0.2, -0.15) is 0 Å². The number of nitrogens with one attached hydrogen (secondary N) is 1. The van der Waals surface area contributed by atoms with E-state index in [9.17, 15) is 9.59 Å². The van der Waals surface area contributed by atoms with Crippen molar-refractivity contribution in [3.8, 4) is 11.5 Å². The summed E-state index contributed by atoms with van der Waals surface area (Å²) in [6, 6.07) is 5.42. The molecule has 1 aromatic carbocycles. The van der Waals surface area contributed by atoms with Crippen LogP contribution in [0.25, 0.3) is 0 Å². The molecule has 1 aromatic rings. The van der Waals surface area contributed by atoms with Crippen molar-refractivity contribution in [1.82, 2.24) is 10.2 Å². The largest absolute Gasteiger partial charge is 0.493 e. The molecular weight excluding hydrogens is 296 g/mol. The minimum absolute atomic E-state index is 0.0576. The van der Waals surface area contributed by atoms with Crippen molar-refractivity contribution in [3.05, 3.63) is 23.8 Å². The molecule has 0 atom stereocenters. The predicted octanol–water partition coefficient (Wildman–Crippen LogP) is 1.62. The first-order valence-corrected chi connectivity index (χ1v) is 7.69. The van der Waals surface area contributed by atoms with Crippen molar-refractivity contribution < 1.29 is 19.1 Å². The van der Waals surface area contributed by atoms with Gasteiger partial charge < -0.3 is 19.7 Å². The molecule has 128 valence electrons. The lowest BCUT2D eigenvalue weighted by atomic mass is 10.1. The molecule has 0 aliphatic rings. The van der Waals surface area contributed by atoms with E-state index in [2.05, 4.69) is 5.32 Å². The van der Waals surface area contributed by atoms with Gasteiger partial charge in [0.15, 0.2) is 11.5 Å². The summed E-state index contributed by atoms with van der Waals surface area (Å²) < 4.78 is 10.4. The molecule has 1 N–H and O–H groups in total. The van der Waals surface area contributed by atoms with E-state index in [0.717, 1.165) is 5.56 Å². The third-order valence-corrected chi connectivity index (χ3v) is 3.32. The fourth-order valence-corrected chi connectivity index (χ4v) is 2.19. The number of rotatable bonds is 8. The molecule has 1 rings (SSSR count). The summed E-state index contributed by atoms with van der Waals surface area (Å²) in [7, 11) is 3.12. The van der Waals surface area contributed by atoms with E-state index in [1.807, 2.05) is 26.8 Å². The Morgan fingerprint density at radius 3 is 2.35 bits per heavy atom. The topological polar surface area (TPSA) is 67.9 Å².